The molecule has 2 saturated heterocycles. The highest BCUT2D eigenvalue weighted by Crippen LogP contribution is 2.32. The van der Waals surface area contributed by atoms with Crippen LogP contribution in [0.4, 0.5) is 4.79 Å². The molecule has 0 N–H and O–H groups in total. The lowest BCUT2D eigenvalue weighted by Crippen LogP contribution is -2.39. The fourth-order valence-electron chi connectivity index (χ4n) is 3.73. The highest BCUT2D eigenvalue weighted by atomic mass is 16.6. The van der Waals surface area contributed by atoms with Crippen molar-refractivity contribution in [1.82, 2.24) is 24.3 Å². The molecule has 0 bridgehead atoms. The fourth-order valence-corrected chi connectivity index (χ4v) is 3.73. The van der Waals surface area contributed by atoms with E-state index in [0.717, 1.165) is 17.0 Å². The summed E-state index contributed by atoms with van der Waals surface area (Å²) < 4.78 is 7.42. The summed E-state index contributed by atoms with van der Waals surface area (Å²) in [7, 11) is 3.64. The molecule has 25 heavy (non-hydrogen) atoms. The van der Waals surface area contributed by atoms with Crippen molar-refractivity contribution in [2.75, 3.05) is 26.7 Å². The summed E-state index contributed by atoms with van der Waals surface area (Å²) in [4.78, 5) is 36.4. The predicted octanol–water partition coefficient (Wildman–Crippen LogP) is 0.954. The van der Waals surface area contributed by atoms with Gasteiger partial charge in [-0.2, -0.15) is 0 Å². The molecule has 0 radical (unpaired) electrons. The largest absolute Gasteiger partial charge is 0.439 e. The highest BCUT2D eigenvalue weighted by Gasteiger charge is 2.49. The van der Waals surface area contributed by atoms with Crippen LogP contribution in [0.2, 0.25) is 0 Å². The predicted molar refractivity (Wildman–Crippen MR) is 89.9 cm³/mol. The third kappa shape index (κ3) is 2.71. The number of nitrogens with zero attached hydrogens (tertiary/aromatic N) is 5. The Morgan fingerprint density at radius 2 is 2.20 bits per heavy atom. The van der Waals surface area contributed by atoms with E-state index in [9.17, 15) is 9.59 Å². The van der Waals surface area contributed by atoms with Gasteiger partial charge in [-0.25, -0.2) is 14.8 Å². The maximum atomic E-state index is 12.6. The van der Waals surface area contributed by atoms with Crippen LogP contribution < -0.4 is 0 Å². The number of imidazole rings is 1. The van der Waals surface area contributed by atoms with Crippen molar-refractivity contribution in [3.05, 3.63) is 24.2 Å². The first kappa shape index (κ1) is 15.9. The summed E-state index contributed by atoms with van der Waals surface area (Å²) in [6.45, 7) is 1.65. The number of fused-ring (bicyclic) bond motifs is 1. The van der Waals surface area contributed by atoms with E-state index < -0.39 is 5.60 Å². The van der Waals surface area contributed by atoms with E-state index in [1.54, 1.807) is 23.0 Å². The Bertz CT molecular complexity index is 848. The third-order valence-electron chi connectivity index (χ3n) is 5.09. The van der Waals surface area contributed by atoms with Crippen LogP contribution in [0.5, 0.6) is 0 Å². The van der Waals surface area contributed by atoms with E-state index in [1.165, 1.54) is 0 Å². The van der Waals surface area contributed by atoms with Gasteiger partial charge in [-0.05, 0) is 12.1 Å². The molecule has 0 unspecified atom stereocenters. The second kappa shape index (κ2) is 5.72. The van der Waals surface area contributed by atoms with E-state index in [-0.39, 0.29) is 12.0 Å². The quantitative estimate of drug-likeness (QED) is 0.829. The zero-order chi connectivity index (χ0) is 17.6. The number of amides is 2. The molecule has 2 aliphatic heterocycles. The number of hydrogen-bond donors (Lipinski definition) is 0. The van der Waals surface area contributed by atoms with Crippen molar-refractivity contribution >= 4 is 23.2 Å². The van der Waals surface area contributed by atoms with E-state index in [4.69, 9.17) is 4.74 Å². The Morgan fingerprint density at radius 3 is 2.92 bits per heavy atom. The van der Waals surface area contributed by atoms with Gasteiger partial charge in [0.05, 0.1) is 13.1 Å². The average molecular weight is 343 g/mol. The van der Waals surface area contributed by atoms with Crippen molar-refractivity contribution in [2.24, 2.45) is 7.05 Å². The van der Waals surface area contributed by atoms with Crippen LogP contribution in [0.15, 0.2) is 18.3 Å². The van der Waals surface area contributed by atoms with Gasteiger partial charge in [0.15, 0.2) is 11.2 Å². The molecule has 2 fully saturated rings. The number of hydrogen-bond acceptors (Lipinski definition) is 5. The van der Waals surface area contributed by atoms with Crippen LogP contribution in [0.3, 0.4) is 0 Å². The first-order valence-electron chi connectivity index (χ1n) is 8.46. The summed E-state index contributed by atoms with van der Waals surface area (Å²) in [5.74, 6) is 0.922. The molecule has 1 atom stereocenters. The maximum absolute atomic E-state index is 12.6. The molecule has 2 aromatic heterocycles. The lowest BCUT2D eigenvalue weighted by molar-refractivity contribution is -0.130. The number of pyridine rings is 1. The van der Waals surface area contributed by atoms with Gasteiger partial charge in [-0.15, -0.1) is 0 Å². The second-order valence-corrected chi connectivity index (χ2v) is 6.91. The zero-order valence-electron chi connectivity index (χ0n) is 14.4. The minimum atomic E-state index is -0.524. The van der Waals surface area contributed by atoms with Crippen molar-refractivity contribution in [2.45, 2.75) is 24.9 Å². The smallest absolute Gasteiger partial charge is 0.410 e. The number of ether oxygens (including phenoxy) is 1. The van der Waals surface area contributed by atoms with Crippen molar-refractivity contribution in [1.29, 1.82) is 0 Å². The SMILES string of the molecule is CN1C[C@@]2(CCN(C(=O)CCc3nc4cccnc4n3C)C2)OC1=O. The van der Waals surface area contributed by atoms with Crippen LogP contribution in [-0.4, -0.2) is 68.6 Å². The van der Waals surface area contributed by atoms with Gasteiger partial charge < -0.3 is 19.1 Å². The molecule has 4 heterocycles. The van der Waals surface area contributed by atoms with E-state index in [2.05, 4.69) is 9.97 Å². The lowest BCUT2D eigenvalue weighted by atomic mass is 10.0. The molecule has 8 heteroatoms. The average Bonchev–Trinajstić information content (AvgIpc) is 3.23. The molecule has 8 nitrogen and oxygen atoms in total. The molecular formula is C17H21N5O3. The first-order chi connectivity index (χ1) is 12.0. The van der Waals surface area contributed by atoms with Crippen LogP contribution in [0.25, 0.3) is 11.2 Å². The Hall–Kier alpha value is -2.64. The van der Waals surface area contributed by atoms with Crippen LogP contribution in [0.1, 0.15) is 18.7 Å². The molecule has 4 rings (SSSR count). The topological polar surface area (TPSA) is 80.6 Å². The molecule has 0 aliphatic carbocycles. The van der Waals surface area contributed by atoms with Gasteiger partial charge in [-0.1, -0.05) is 0 Å². The number of likely N-dealkylation sites (N-methyl/N-ethyl adjacent to an activating group) is 1. The summed E-state index contributed by atoms with van der Waals surface area (Å²) in [6.07, 6.45) is 3.08. The molecule has 2 aromatic rings. The Kier molecular flexibility index (Phi) is 3.63. The van der Waals surface area contributed by atoms with Gasteiger partial charge in [0.1, 0.15) is 11.3 Å². The third-order valence-corrected chi connectivity index (χ3v) is 5.09. The molecule has 132 valence electrons. The highest BCUT2D eigenvalue weighted by molar-refractivity contribution is 5.78. The molecule has 0 saturated carbocycles. The number of carbonyl (C=O) groups is 2. The van der Waals surface area contributed by atoms with Crippen LogP contribution >= 0.6 is 0 Å². The number of carbonyl (C=O) groups excluding carboxylic acids is 2. The van der Waals surface area contributed by atoms with Crippen LogP contribution in [0, 0.1) is 0 Å². The molecule has 1 spiro atoms. The monoisotopic (exact) mass is 343 g/mol. The summed E-state index contributed by atoms with van der Waals surface area (Å²) in [5.41, 5.74) is 1.14. The van der Waals surface area contributed by atoms with Gasteiger partial charge in [0, 0.05) is 46.1 Å². The number of rotatable bonds is 3. The Balaban J connectivity index is 1.39. The molecule has 2 amide bonds. The summed E-state index contributed by atoms with van der Waals surface area (Å²) in [6, 6.07) is 3.77. The molecule has 0 aromatic carbocycles. The minimum absolute atomic E-state index is 0.0718. The summed E-state index contributed by atoms with van der Waals surface area (Å²) in [5, 5.41) is 0. The van der Waals surface area contributed by atoms with Gasteiger partial charge in [-0.3, -0.25) is 4.79 Å². The van der Waals surface area contributed by atoms with Crippen molar-refractivity contribution in [3.8, 4) is 0 Å². The second-order valence-electron chi connectivity index (χ2n) is 6.91. The van der Waals surface area contributed by atoms with Crippen molar-refractivity contribution in [3.63, 3.8) is 0 Å². The fraction of sp³-hybridized carbons (Fsp3) is 0.529. The Labute approximate surface area is 145 Å². The normalized spacial score (nSPS) is 23.0. The maximum Gasteiger partial charge on any atom is 0.410 e. The van der Waals surface area contributed by atoms with E-state index in [0.29, 0.717) is 38.9 Å². The first-order valence-corrected chi connectivity index (χ1v) is 8.46. The lowest BCUT2D eigenvalue weighted by Gasteiger charge is -2.21. The van der Waals surface area contributed by atoms with Gasteiger partial charge in [0.2, 0.25) is 5.91 Å². The number of likely N-dealkylation sites (tertiary alicyclic amines) is 1. The molecular weight excluding hydrogens is 322 g/mol. The van der Waals surface area contributed by atoms with Gasteiger partial charge >= 0.3 is 6.09 Å². The summed E-state index contributed by atoms with van der Waals surface area (Å²) >= 11 is 0. The van der Waals surface area contributed by atoms with Gasteiger partial charge in [0.25, 0.3) is 0 Å². The zero-order valence-corrected chi connectivity index (χ0v) is 14.4. The van der Waals surface area contributed by atoms with Crippen molar-refractivity contribution < 1.29 is 14.3 Å². The number of aromatic nitrogens is 3. The number of aryl methyl sites for hydroxylation is 2. The van der Waals surface area contributed by atoms with Crippen LogP contribution in [-0.2, 0) is 23.0 Å². The van der Waals surface area contributed by atoms with E-state index in [1.807, 2.05) is 23.7 Å². The minimum Gasteiger partial charge on any atom is -0.439 e. The standard InChI is InChI=1S/C17H21N5O3/c1-20-10-17(25-16(20)24)7-9-22(11-17)14(23)6-5-13-19-12-4-3-8-18-15(12)21(13)2/h3-4,8H,5-7,9-11H2,1-2H3/t17-/m1/s1. The Morgan fingerprint density at radius 1 is 1.36 bits per heavy atom. The van der Waals surface area contributed by atoms with E-state index >= 15 is 0 Å². The molecule has 2 aliphatic rings.